The third-order valence-corrected chi connectivity index (χ3v) is 3.30. The van der Waals surface area contributed by atoms with Gasteiger partial charge in [0.1, 0.15) is 0 Å². The first kappa shape index (κ1) is 12.5. The normalized spacial score (nSPS) is 29.1. The van der Waals surface area contributed by atoms with E-state index in [1.54, 1.807) is 0 Å². The third kappa shape index (κ3) is 2.92. The van der Waals surface area contributed by atoms with Crippen molar-refractivity contribution in [1.29, 1.82) is 0 Å². The van der Waals surface area contributed by atoms with Gasteiger partial charge in [0.25, 0.3) is 0 Å². The summed E-state index contributed by atoms with van der Waals surface area (Å²) < 4.78 is 4.69. The Labute approximate surface area is 91.2 Å². The number of methoxy groups -OCH3 is 1. The standard InChI is InChI=1S/C11H21NO3/c1-8-4-5-12(10(8)7-13)6-9(2)11(14)15-3/h8-10,13H,4-7H2,1-3H3. The number of aliphatic hydroxyl groups is 1. The summed E-state index contributed by atoms with van der Waals surface area (Å²) in [5.41, 5.74) is 0. The molecule has 1 fully saturated rings. The zero-order valence-electron chi connectivity index (χ0n) is 9.77. The quantitative estimate of drug-likeness (QED) is 0.694. The van der Waals surface area contributed by atoms with Crippen LogP contribution >= 0.6 is 0 Å². The second-order valence-electron chi connectivity index (χ2n) is 4.44. The van der Waals surface area contributed by atoms with Gasteiger partial charge in [-0.1, -0.05) is 13.8 Å². The molecule has 0 aromatic rings. The molecule has 0 amide bonds. The molecular weight excluding hydrogens is 194 g/mol. The first-order chi connectivity index (χ1) is 7.10. The number of esters is 1. The van der Waals surface area contributed by atoms with Gasteiger partial charge in [0, 0.05) is 12.6 Å². The Morgan fingerprint density at radius 1 is 1.67 bits per heavy atom. The number of hydrogen-bond donors (Lipinski definition) is 1. The summed E-state index contributed by atoms with van der Waals surface area (Å²) >= 11 is 0. The van der Waals surface area contributed by atoms with E-state index in [0.717, 1.165) is 13.0 Å². The number of ether oxygens (including phenoxy) is 1. The van der Waals surface area contributed by atoms with Gasteiger partial charge < -0.3 is 9.84 Å². The van der Waals surface area contributed by atoms with E-state index in [-0.39, 0.29) is 24.5 Å². The Morgan fingerprint density at radius 3 is 2.87 bits per heavy atom. The minimum atomic E-state index is -0.175. The van der Waals surface area contributed by atoms with Crippen LogP contribution < -0.4 is 0 Å². The van der Waals surface area contributed by atoms with Crippen molar-refractivity contribution in [3.05, 3.63) is 0 Å². The number of carbonyl (C=O) groups excluding carboxylic acids is 1. The molecule has 1 aliphatic heterocycles. The van der Waals surface area contributed by atoms with Crippen molar-refractivity contribution in [2.75, 3.05) is 26.8 Å². The maximum Gasteiger partial charge on any atom is 0.309 e. The number of hydrogen-bond acceptors (Lipinski definition) is 4. The van der Waals surface area contributed by atoms with E-state index in [1.807, 2.05) is 6.92 Å². The Morgan fingerprint density at radius 2 is 2.33 bits per heavy atom. The zero-order valence-corrected chi connectivity index (χ0v) is 9.77. The van der Waals surface area contributed by atoms with Crippen molar-refractivity contribution in [3.8, 4) is 0 Å². The topological polar surface area (TPSA) is 49.8 Å². The van der Waals surface area contributed by atoms with Crippen molar-refractivity contribution >= 4 is 5.97 Å². The fourth-order valence-corrected chi connectivity index (χ4v) is 2.24. The van der Waals surface area contributed by atoms with Crippen LogP contribution in [0.5, 0.6) is 0 Å². The van der Waals surface area contributed by atoms with Gasteiger partial charge in [0.2, 0.25) is 0 Å². The maximum absolute atomic E-state index is 11.3. The van der Waals surface area contributed by atoms with Crippen LogP contribution in [0.25, 0.3) is 0 Å². The second kappa shape index (κ2) is 5.47. The molecule has 3 unspecified atom stereocenters. The molecule has 15 heavy (non-hydrogen) atoms. The van der Waals surface area contributed by atoms with Gasteiger partial charge in [-0.15, -0.1) is 0 Å². The van der Waals surface area contributed by atoms with Crippen molar-refractivity contribution in [3.63, 3.8) is 0 Å². The number of nitrogens with zero attached hydrogens (tertiary/aromatic N) is 1. The molecule has 0 bridgehead atoms. The molecular formula is C11H21NO3. The molecule has 1 N–H and O–H groups in total. The van der Waals surface area contributed by atoms with E-state index in [0.29, 0.717) is 12.5 Å². The lowest BCUT2D eigenvalue weighted by Gasteiger charge is -2.26. The lowest BCUT2D eigenvalue weighted by molar-refractivity contribution is -0.145. The molecule has 0 spiro atoms. The van der Waals surface area contributed by atoms with Gasteiger partial charge in [-0.25, -0.2) is 0 Å². The van der Waals surface area contributed by atoms with Gasteiger partial charge in [-0.3, -0.25) is 9.69 Å². The highest BCUT2D eigenvalue weighted by atomic mass is 16.5. The molecule has 0 saturated carbocycles. The number of aliphatic hydroxyl groups excluding tert-OH is 1. The molecule has 0 radical (unpaired) electrons. The summed E-state index contributed by atoms with van der Waals surface area (Å²) in [5.74, 6) is 0.223. The second-order valence-corrected chi connectivity index (χ2v) is 4.44. The average Bonchev–Trinajstić information content (AvgIpc) is 2.57. The largest absolute Gasteiger partial charge is 0.469 e. The smallest absolute Gasteiger partial charge is 0.309 e. The van der Waals surface area contributed by atoms with Crippen molar-refractivity contribution in [1.82, 2.24) is 4.90 Å². The van der Waals surface area contributed by atoms with Crippen LogP contribution in [-0.4, -0.2) is 48.8 Å². The Bertz CT molecular complexity index is 220. The summed E-state index contributed by atoms with van der Waals surface area (Å²) in [6.45, 7) is 5.83. The highest BCUT2D eigenvalue weighted by molar-refractivity contribution is 5.72. The van der Waals surface area contributed by atoms with E-state index in [9.17, 15) is 9.90 Å². The lowest BCUT2D eigenvalue weighted by Crippen LogP contribution is -2.39. The first-order valence-corrected chi connectivity index (χ1v) is 5.52. The van der Waals surface area contributed by atoms with Gasteiger partial charge in [0.05, 0.1) is 19.6 Å². The van der Waals surface area contributed by atoms with Crippen LogP contribution in [0.1, 0.15) is 20.3 Å². The minimum Gasteiger partial charge on any atom is -0.469 e. The molecule has 0 aliphatic carbocycles. The maximum atomic E-state index is 11.3. The van der Waals surface area contributed by atoms with Crippen LogP contribution in [0.3, 0.4) is 0 Å². The SMILES string of the molecule is COC(=O)C(C)CN1CCC(C)C1CO. The van der Waals surface area contributed by atoms with Crippen LogP contribution in [0.2, 0.25) is 0 Å². The predicted octanol–water partition coefficient (Wildman–Crippen LogP) is 0.498. The minimum absolute atomic E-state index is 0.116. The molecule has 0 aromatic carbocycles. The van der Waals surface area contributed by atoms with Gasteiger partial charge in [-0.2, -0.15) is 0 Å². The molecule has 4 nitrogen and oxygen atoms in total. The van der Waals surface area contributed by atoms with Crippen LogP contribution in [0.15, 0.2) is 0 Å². The van der Waals surface area contributed by atoms with E-state index in [1.165, 1.54) is 7.11 Å². The van der Waals surface area contributed by atoms with E-state index in [2.05, 4.69) is 16.6 Å². The number of likely N-dealkylation sites (tertiary alicyclic amines) is 1. The molecule has 3 atom stereocenters. The lowest BCUT2D eigenvalue weighted by atomic mass is 10.0. The first-order valence-electron chi connectivity index (χ1n) is 5.52. The van der Waals surface area contributed by atoms with Gasteiger partial charge in [0.15, 0.2) is 0 Å². The molecule has 88 valence electrons. The van der Waals surface area contributed by atoms with Crippen molar-refractivity contribution in [2.24, 2.45) is 11.8 Å². The van der Waals surface area contributed by atoms with E-state index < -0.39 is 0 Å². The Kier molecular flexibility index (Phi) is 4.54. The summed E-state index contributed by atoms with van der Waals surface area (Å²) in [6.07, 6.45) is 1.10. The summed E-state index contributed by atoms with van der Waals surface area (Å²) in [7, 11) is 1.41. The number of rotatable bonds is 4. The van der Waals surface area contributed by atoms with Crippen molar-refractivity contribution in [2.45, 2.75) is 26.3 Å². The van der Waals surface area contributed by atoms with Gasteiger partial charge in [-0.05, 0) is 18.9 Å². The van der Waals surface area contributed by atoms with E-state index in [4.69, 9.17) is 0 Å². The Balaban J connectivity index is 2.47. The molecule has 1 rings (SSSR count). The highest BCUT2D eigenvalue weighted by Gasteiger charge is 2.32. The van der Waals surface area contributed by atoms with E-state index >= 15 is 0 Å². The van der Waals surface area contributed by atoms with Crippen LogP contribution in [0.4, 0.5) is 0 Å². The monoisotopic (exact) mass is 215 g/mol. The predicted molar refractivity (Wildman–Crippen MR) is 57.4 cm³/mol. The summed E-state index contributed by atoms with van der Waals surface area (Å²) in [4.78, 5) is 13.5. The Hall–Kier alpha value is -0.610. The van der Waals surface area contributed by atoms with Crippen LogP contribution in [-0.2, 0) is 9.53 Å². The highest BCUT2D eigenvalue weighted by Crippen LogP contribution is 2.24. The third-order valence-electron chi connectivity index (χ3n) is 3.30. The fraction of sp³-hybridized carbons (Fsp3) is 0.909. The fourth-order valence-electron chi connectivity index (χ4n) is 2.24. The molecule has 1 saturated heterocycles. The van der Waals surface area contributed by atoms with Gasteiger partial charge >= 0.3 is 5.97 Å². The molecule has 1 heterocycles. The molecule has 4 heteroatoms. The summed E-state index contributed by atoms with van der Waals surface area (Å²) in [6, 6.07) is 0.206. The average molecular weight is 215 g/mol. The molecule has 1 aliphatic rings. The number of carbonyl (C=O) groups is 1. The molecule has 0 aromatic heterocycles. The summed E-state index contributed by atoms with van der Waals surface area (Å²) in [5, 5.41) is 9.26. The van der Waals surface area contributed by atoms with Crippen molar-refractivity contribution < 1.29 is 14.6 Å². The van der Waals surface area contributed by atoms with Crippen LogP contribution in [0, 0.1) is 11.8 Å². The zero-order chi connectivity index (χ0) is 11.4.